The summed E-state index contributed by atoms with van der Waals surface area (Å²) in [6.07, 6.45) is 3.64. The first-order chi connectivity index (χ1) is 13.1. The lowest BCUT2D eigenvalue weighted by atomic mass is 10.00. The number of hydrogen-bond acceptors (Lipinski definition) is 7. The molecule has 0 unspecified atom stereocenters. The maximum atomic E-state index is 12.8. The summed E-state index contributed by atoms with van der Waals surface area (Å²) in [5.74, 6) is 0.959. The van der Waals surface area contributed by atoms with E-state index in [0.717, 1.165) is 18.4 Å². The van der Waals surface area contributed by atoms with Crippen molar-refractivity contribution in [3.63, 3.8) is 0 Å². The molecule has 3 heterocycles. The molecule has 0 spiro atoms. The molecule has 2 aromatic heterocycles. The molecule has 3 aromatic rings. The topological polar surface area (TPSA) is 76.3 Å². The Morgan fingerprint density at radius 1 is 1.26 bits per heavy atom. The predicted octanol–water partition coefficient (Wildman–Crippen LogP) is 4.09. The van der Waals surface area contributed by atoms with Gasteiger partial charge in [0.25, 0.3) is 10.0 Å². The Morgan fingerprint density at radius 2 is 2.07 bits per heavy atom. The van der Waals surface area contributed by atoms with Gasteiger partial charge in [-0.3, -0.25) is 0 Å². The van der Waals surface area contributed by atoms with Crippen LogP contribution in [0, 0.1) is 0 Å². The average molecular weight is 422 g/mol. The van der Waals surface area contributed by atoms with E-state index in [1.165, 1.54) is 20.5 Å². The highest BCUT2D eigenvalue weighted by molar-refractivity contribution is 7.98. The van der Waals surface area contributed by atoms with Crippen LogP contribution in [0.25, 0.3) is 11.4 Å². The van der Waals surface area contributed by atoms with Crippen LogP contribution in [0.2, 0.25) is 0 Å². The predicted molar refractivity (Wildman–Crippen MR) is 107 cm³/mol. The number of benzene rings is 1. The van der Waals surface area contributed by atoms with Gasteiger partial charge in [-0.05, 0) is 54.8 Å². The number of rotatable bonds is 5. The van der Waals surface area contributed by atoms with Crippen molar-refractivity contribution in [2.24, 2.45) is 0 Å². The summed E-state index contributed by atoms with van der Waals surface area (Å²) >= 11 is 2.92. The standard InChI is InChI=1S/C18H19N3O3S3/c1-25-15-8-6-13(7-9-15)17-19-18(24-20-17)14-4-2-10-21(12-14)27(22,23)16-5-3-11-26-16/h3,5-9,11,14H,2,4,10,12H2,1H3/t14-/m1/s1. The van der Waals surface area contributed by atoms with Crippen LogP contribution in [0.4, 0.5) is 0 Å². The van der Waals surface area contributed by atoms with E-state index in [0.29, 0.717) is 29.0 Å². The molecule has 1 aromatic carbocycles. The van der Waals surface area contributed by atoms with Gasteiger partial charge in [0.05, 0.1) is 5.92 Å². The molecule has 0 amide bonds. The molecule has 4 rings (SSSR count). The van der Waals surface area contributed by atoms with Crippen LogP contribution in [0.1, 0.15) is 24.7 Å². The fourth-order valence-corrected chi connectivity index (χ4v) is 6.23. The van der Waals surface area contributed by atoms with Crippen molar-refractivity contribution in [1.29, 1.82) is 0 Å². The van der Waals surface area contributed by atoms with Gasteiger partial charge in [-0.25, -0.2) is 8.42 Å². The van der Waals surface area contributed by atoms with Crippen molar-refractivity contribution >= 4 is 33.1 Å². The lowest BCUT2D eigenvalue weighted by Crippen LogP contribution is -2.38. The quantitative estimate of drug-likeness (QED) is 0.578. The summed E-state index contributed by atoms with van der Waals surface area (Å²) in [6, 6.07) is 11.4. The van der Waals surface area contributed by atoms with Crippen molar-refractivity contribution in [3.05, 3.63) is 47.7 Å². The first kappa shape index (κ1) is 18.7. The third-order valence-electron chi connectivity index (χ3n) is 4.61. The second kappa shape index (κ2) is 7.75. The zero-order chi connectivity index (χ0) is 18.9. The lowest BCUT2D eigenvalue weighted by Gasteiger charge is -2.29. The Bertz CT molecular complexity index is 998. The minimum absolute atomic E-state index is 0.0831. The number of thiophene rings is 1. The van der Waals surface area contributed by atoms with Crippen molar-refractivity contribution in [1.82, 2.24) is 14.4 Å². The minimum Gasteiger partial charge on any atom is -0.339 e. The van der Waals surface area contributed by atoms with Crippen LogP contribution in [-0.4, -0.2) is 42.2 Å². The molecule has 1 saturated heterocycles. The van der Waals surface area contributed by atoms with Gasteiger partial charge in [0.1, 0.15) is 4.21 Å². The van der Waals surface area contributed by atoms with E-state index in [1.54, 1.807) is 29.3 Å². The van der Waals surface area contributed by atoms with Crippen molar-refractivity contribution in [3.8, 4) is 11.4 Å². The molecule has 1 aliphatic heterocycles. The summed E-state index contributed by atoms with van der Waals surface area (Å²) in [6.45, 7) is 0.890. The fraction of sp³-hybridized carbons (Fsp3) is 0.333. The van der Waals surface area contributed by atoms with Crippen molar-refractivity contribution in [2.45, 2.75) is 27.9 Å². The van der Waals surface area contributed by atoms with Gasteiger partial charge in [-0.1, -0.05) is 11.2 Å². The summed E-state index contributed by atoms with van der Waals surface area (Å²) in [7, 11) is -3.45. The maximum absolute atomic E-state index is 12.8. The molecule has 27 heavy (non-hydrogen) atoms. The van der Waals surface area contributed by atoms with Crippen molar-refractivity contribution < 1.29 is 12.9 Å². The highest BCUT2D eigenvalue weighted by Crippen LogP contribution is 2.32. The zero-order valence-electron chi connectivity index (χ0n) is 14.7. The molecule has 9 heteroatoms. The molecule has 6 nitrogen and oxygen atoms in total. The van der Waals surface area contributed by atoms with E-state index >= 15 is 0 Å². The van der Waals surface area contributed by atoms with Gasteiger partial charge < -0.3 is 4.52 Å². The summed E-state index contributed by atoms with van der Waals surface area (Å²) in [4.78, 5) is 5.71. The van der Waals surface area contributed by atoms with Crippen LogP contribution < -0.4 is 0 Å². The molecular weight excluding hydrogens is 402 g/mol. The minimum atomic E-state index is -3.45. The van der Waals surface area contributed by atoms with Gasteiger partial charge in [-0.15, -0.1) is 23.1 Å². The van der Waals surface area contributed by atoms with Crippen LogP contribution in [0.5, 0.6) is 0 Å². The molecule has 1 atom stereocenters. The molecular formula is C18H19N3O3S3. The Kier molecular flexibility index (Phi) is 5.36. The van der Waals surface area contributed by atoms with E-state index in [-0.39, 0.29) is 5.92 Å². The Balaban J connectivity index is 1.53. The second-order valence-electron chi connectivity index (χ2n) is 6.32. The van der Waals surface area contributed by atoms with Crippen LogP contribution in [-0.2, 0) is 10.0 Å². The number of nitrogens with zero attached hydrogens (tertiary/aromatic N) is 3. The van der Waals surface area contributed by atoms with E-state index in [1.807, 2.05) is 30.5 Å². The highest BCUT2D eigenvalue weighted by atomic mass is 32.2. The average Bonchev–Trinajstić information content (AvgIpc) is 3.41. The normalized spacial score (nSPS) is 18.6. The van der Waals surface area contributed by atoms with E-state index in [2.05, 4.69) is 10.1 Å². The SMILES string of the molecule is CSc1ccc(-c2noc([C@@H]3CCCN(S(=O)(=O)c4cccs4)C3)n2)cc1. The molecule has 142 valence electrons. The van der Waals surface area contributed by atoms with Crippen LogP contribution in [0.3, 0.4) is 0 Å². The molecule has 1 aliphatic rings. The molecule has 1 fully saturated rings. The third kappa shape index (κ3) is 3.82. The maximum Gasteiger partial charge on any atom is 0.252 e. The first-order valence-electron chi connectivity index (χ1n) is 8.59. The van der Waals surface area contributed by atoms with E-state index in [9.17, 15) is 8.42 Å². The summed E-state index contributed by atoms with van der Waals surface area (Å²) in [5.41, 5.74) is 0.890. The molecule has 0 N–H and O–H groups in total. The van der Waals surface area contributed by atoms with Gasteiger partial charge >= 0.3 is 0 Å². The lowest BCUT2D eigenvalue weighted by molar-refractivity contribution is 0.266. The molecule has 0 saturated carbocycles. The Morgan fingerprint density at radius 3 is 2.78 bits per heavy atom. The van der Waals surface area contributed by atoms with E-state index < -0.39 is 10.0 Å². The molecule has 0 aliphatic carbocycles. The Labute approximate surface area is 166 Å². The number of aromatic nitrogens is 2. The second-order valence-corrected chi connectivity index (χ2v) is 10.3. The smallest absolute Gasteiger partial charge is 0.252 e. The van der Waals surface area contributed by atoms with Gasteiger partial charge in [0.15, 0.2) is 0 Å². The van der Waals surface area contributed by atoms with Gasteiger partial charge in [0.2, 0.25) is 11.7 Å². The monoisotopic (exact) mass is 421 g/mol. The number of sulfonamides is 1. The summed E-state index contributed by atoms with van der Waals surface area (Å²) in [5, 5.41) is 5.87. The molecule has 0 bridgehead atoms. The molecule has 0 radical (unpaired) electrons. The summed E-state index contributed by atoms with van der Waals surface area (Å²) < 4.78 is 33.0. The van der Waals surface area contributed by atoms with Crippen molar-refractivity contribution in [2.75, 3.05) is 19.3 Å². The largest absolute Gasteiger partial charge is 0.339 e. The number of thioether (sulfide) groups is 1. The zero-order valence-corrected chi connectivity index (χ0v) is 17.2. The first-order valence-corrected chi connectivity index (χ1v) is 12.1. The Hall–Kier alpha value is -1.68. The van der Waals surface area contributed by atoms with Crippen LogP contribution >= 0.6 is 23.1 Å². The number of hydrogen-bond donors (Lipinski definition) is 0. The van der Waals surface area contributed by atoms with Gasteiger partial charge in [-0.2, -0.15) is 9.29 Å². The van der Waals surface area contributed by atoms with Gasteiger partial charge in [0, 0.05) is 23.5 Å². The van der Waals surface area contributed by atoms with Crippen LogP contribution in [0.15, 0.2) is 55.4 Å². The third-order valence-corrected chi connectivity index (χ3v) is 8.59. The van der Waals surface area contributed by atoms with E-state index in [4.69, 9.17) is 4.52 Å². The fourth-order valence-electron chi connectivity index (χ4n) is 3.16. The number of piperidine rings is 1. The highest BCUT2D eigenvalue weighted by Gasteiger charge is 2.33.